The molecule has 3 aromatic heterocycles. The topological polar surface area (TPSA) is 127 Å². The highest BCUT2D eigenvalue weighted by Crippen LogP contribution is 2.38. The summed E-state index contributed by atoms with van der Waals surface area (Å²) in [5.74, 6) is 1.75. The second-order valence-electron chi connectivity index (χ2n) is 9.55. The number of anilines is 6. The first-order chi connectivity index (χ1) is 19.5. The lowest BCUT2D eigenvalue weighted by Gasteiger charge is -2.32. The SMILES string of the molecule is COc1ccc(N2CCC(O)CC2)cc1Nc1nc(Nc2ccc3nccnc3c2N(C)SC)c2cc[nH]c2n1. The van der Waals surface area contributed by atoms with Crippen molar-refractivity contribution in [2.45, 2.75) is 18.9 Å². The Hall–Kier alpha value is -4.29. The number of hydrogen-bond acceptors (Lipinski definition) is 11. The van der Waals surface area contributed by atoms with Crippen molar-refractivity contribution in [3.63, 3.8) is 0 Å². The Balaban J connectivity index is 1.37. The number of H-pyrrole nitrogens is 1. The molecule has 0 saturated carbocycles. The molecule has 1 aliphatic heterocycles. The van der Waals surface area contributed by atoms with E-state index < -0.39 is 0 Å². The quantitative estimate of drug-likeness (QED) is 0.191. The fourth-order valence-corrected chi connectivity index (χ4v) is 5.36. The van der Waals surface area contributed by atoms with E-state index in [4.69, 9.17) is 14.7 Å². The highest BCUT2D eigenvalue weighted by molar-refractivity contribution is 7.99. The fourth-order valence-electron chi connectivity index (χ4n) is 4.99. The van der Waals surface area contributed by atoms with Crippen molar-refractivity contribution in [1.29, 1.82) is 0 Å². The van der Waals surface area contributed by atoms with E-state index in [2.05, 4.69) is 34.8 Å². The van der Waals surface area contributed by atoms with Gasteiger partial charge in [0.05, 0.1) is 41.2 Å². The average molecular weight is 558 g/mol. The second kappa shape index (κ2) is 11.1. The molecule has 0 spiro atoms. The number of fused-ring (bicyclic) bond motifs is 2. The van der Waals surface area contributed by atoms with Crippen molar-refractivity contribution in [2.75, 3.05) is 53.3 Å². The Morgan fingerprint density at radius 2 is 1.88 bits per heavy atom. The van der Waals surface area contributed by atoms with Crippen LogP contribution in [0.25, 0.3) is 22.1 Å². The van der Waals surface area contributed by atoms with E-state index >= 15 is 0 Å². The van der Waals surface area contributed by atoms with Crippen molar-refractivity contribution >= 4 is 68.5 Å². The van der Waals surface area contributed by atoms with Crippen LogP contribution < -0.4 is 24.6 Å². The van der Waals surface area contributed by atoms with E-state index in [1.165, 1.54) is 0 Å². The van der Waals surface area contributed by atoms with Gasteiger partial charge in [0.1, 0.15) is 22.7 Å². The van der Waals surface area contributed by atoms with Crippen LogP contribution in [0.1, 0.15) is 12.8 Å². The van der Waals surface area contributed by atoms with Crippen LogP contribution in [-0.2, 0) is 0 Å². The Morgan fingerprint density at radius 3 is 2.67 bits per heavy atom. The third-order valence-corrected chi connectivity index (χ3v) is 7.86. The van der Waals surface area contributed by atoms with Crippen LogP contribution in [0.15, 0.2) is 55.0 Å². The van der Waals surface area contributed by atoms with E-state index in [9.17, 15) is 5.11 Å². The summed E-state index contributed by atoms with van der Waals surface area (Å²) in [7, 11) is 3.65. The molecule has 0 atom stereocenters. The van der Waals surface area contributed by atoms with E-state index in [0.29, 0.717) is 23.2 Å². The van der Waals surface area contributed by atoms with Crippen LogP contribution in [-0.4, -0.2) is 69.6 Å². The molecule has 12 heteroatoms. The van der Waals surface area contributed by atoms with E-state index in [0.717, 1.165) is 65.1 Å². The highest BCUT2D eigenvalue weighted by Gasteiger charge is 2.20. The number of aliphatic hydroxyl groups excluding tert-OH is 1. The molecule has 1 saturated heterocycles. The van der Waals surface area contributed by atoms with E-state index in [1.54, 1.807) is 31.5 Å². The van der Waals surface area contributed by atoms with Gasteiger partial charge < -0.3 is 34.7 Å². The van der Waals surface area contributed by atoms with Crippen LogP contribution in [0.3, 0.4) is 0 Å². The lowest BCUT2D eigenvalue weighted by Crippen LogP contribution is -2.35. The largest absolute Gasteiger partial charge is 0.495 e. The van der Waals surface area contributed by atoms with Crippen molar-refractivity contribution < 1.29 is 9.84 Å². The summed E-state index contributed by atoms with van der Waals surface area (Å²) in [5, 5.41) is 17.7. The molecular weight excluding hydrogens is 526 g/mol. The van der Waals surface area contributed by atoms with Crippen molar-refractivity contribution in [2.24, 2.45) is 0 Å². The Labute approximate surface area is 236 Å². The summed E-state index contributed by atoms with van der Waals surface area (Å²) in [6.07, 6.45) is 8.54. The number of benzene rings is 2. The number of aliphatic hydroxyl groups is 1. The van der Waals surface area contributed by atoms with Crippen LogP contribution in [0.4, 0.5) is 34.5 Å². The predicted molar refractivity (Wildman–Crippen MR) is 162 cm³/mol. The lowest BCUT2D eigenvalue weighted by molar-refractivity contribution is 0.145. The standard InChI is InChI=1S/C28H31N9O2S/c1-36(40-3)25-21(6-5-20-24(25)30-13-12-29-20)32-27-19-8-11-31-26(19)34-28(35-27)33-22-16-17(4-7-23(22)39-2)37-14-9-18(38)10-15-37/h4-8,11-13,16,18,38H,9-10,14-15H2,1-3H3,(H3,31,32,33,34,35). The molecule has 1 aliphatic rings. The van der Waals surface area contributed by atoms with E-state index in [1.807, 2.05) is 55.9 Å². The molecule has 0 amide bonds. The normalized spacial score (nSPS) is 14.1. The number of nitrogens with one attached hydrogen (secondary N) is 3. The summed E-state index contributed by atoms with van der Waals surface area (Å²) < 4.78 is 7.71. The molecule has 0 radical (unpaired) electrons. The monoisotopic (exact) mass is 557 g/mol. The van der Waals surface area contributed by atoms with Gasteiger partial charge in [-0.2, -0.15) is 9.97 Å². The first kappa shape index (κ1) is 26.0. The van der Waals surface area contributed by atoms with Crippen LogP contribution >= 0.6 is 11.9 Å². The average Bonchev–Trinajstić information content (AvgIpc) is 3.46. The maximum Gasteiger partial charge on any atom is 0.231 e. The number of rotatable bonds is 8. The first-order valence-corrected chi connectivity index (χ1v) is 14.2. The molecule has 4 N–H and O–H groups in total. The summed E-state index contributed by atoms with van der Waals surface area (Å²) in [6.45, 7) is 1.60. The van der Waals surface area contributed by atoms with Gasteiger partial charge in [0, 0.05) is 50.7 Å². The smallest absolute Gasteiger partial charge is 0.231 e. The minimum Gasteiger partial charge on any atom is -0.495 e. The van der Waals surface area contributed by atoms with Gasteiger partial charge in [0.2, 0.25) is 5.95 Å². The number of ether oxygens (including phenoxy) is 1. The highest BCUT2D eigenvalue weighted by atomic mass is 32.2. The molecule has 206 valence electrons. The fraction of sp³-hybridized carbons (Fsp3) is 0.286. The van der Waals surface area contributed by atoms with Crippen molar-refractivity contribution in [1.82, 2.24) is 24.9 Å². The van der Waals surface area contributed by atoms with Gasteiger partial charge >= 0.3 is 0 Å². The Kier molecular flexibility index (Phi) is 7.18. The molecule has 11 nitrogen and oxygen atoms in total. The van der Waals surface area contributed by atoms with Gasteiger partial charge in [-0.3, -0.25) is 9.97 Å². The molecule has 4 heterocycles. The number of piperidine rings is 1. The molecule has 5 aromatic rings. The number of nitrogens with zero attached hydrogens (tertiary/aromatic N) is 6. The number of aromatic nitrogens is 5. The molecule has 0 bridgehead atoms. The third kappa shape index (κ3) is 5.03. The van der Waals surface area contributed by atoms with E-state index in [-0.39, 0.29) is 6.10 Å². The van der Waals surface area contributed by atoms with Crippen LogP contribution in [0, 0.1) is 0 Å². The zero-order valence-corrected chi connectivity index (χ0v) is 23.4. The Bertz CT molecular complexity index is 1650. The molecule has 6 rings (SSSR count). The summed E-state index contributed by atoms with van der Waals surface area (Å²) in [5.41, 5.74) is 5.88. The second-order valence-corrected chi connectivity index (χ2v) is 10.5. The number of methoxy groups -OCH3 is 1. The van der Waals surface area contributed by atoms with Gasteiger partial charge in [-0.25, -0.2) is 0 Å². The van der Waals surface area contributed by atoms with Crippen LogP contribution in [0.2, 0.25) is 0 Å². The number of aromatic amines is 1. The number of hydrogen-bond donors (Lipinski definition) is 4. The minimum atomic E-state index is -0.232. The van der Waals surface area contributed by atoms with Gasteiger partial charge in [0.15, 0.2) is 0 Å². The zero-order chi connectivity index (χ0) is 27.6. The van der Waals surface area contributed by atoms with Crippen molar-refractivity contribution in [3.8, 4) is 5.75 Å². The molecule has 2 aromatic carbocycles. The Morgan fingerprint density at radius 1 is 1.05 bits per heavy atom. The molecular formula is C28H31N9O2S. The predicted octanol–water partition coefficient (Wildman–Crippen LogP) is 5.07. The van der Waals surface area contributed by atoms with Crippen LogP contribution in [0.5, 0.6) is 5.75 Å². The van der Waals surface area contributed by atoms with Gasteiger partial charge in [0.25, 0.3) is 0 Å². The summed E-state index contributed by atoms with van der Waals surface area (Å²) in [4.78, 5) is 24.2. The third-order valence-electron chi connectivity index (χ3n) is 7.13. The summed E-state index contributed by atoms with van der Waals surface area (Å²) >= 11 is 1.59. The molecule has 40 heavy (non-hydrogen) atoms. The maximum atomic E-state index is 9.92. The first-order valence-electron chi connectivity index (χ1n) is 13.1. The molecule has 1 fully saturated rings. The summed E-state index contributed by atoms with van der Waals surface area (Å²) in [6, 6.07) is 11.9. The van der Waals surface area contributed by atoms with Gasteiger partial charge in [-0.15, -0.1) is 0 Å². The zero-order valence-electron chi connectivity index (χ0n) is 22.5. The van der Waals surface area contributed by atoms with Gasteiger partial charge in [-0.05, 0) is 49.2 Å². The molecule has 0 unspecified atom stereocenters. The minimum absolute atomic E-state index is 0.232. The van der Waals surface area contributed by atoms with Crippen molar-refractivity contribution in [3.05, 3.63) is 55.0 Å². The van der Waals surface area contributed by atoms with Gasteiger partial charge in [-0.1, -0.05) is 11.9 Å². The molecule has 0 aliphatic carbocycles. The maximum absolute atomic E-state index is 9.92. The lowest BCUT2D eigenvalue weighted by atomic mass is 10.1.